The third kappa shape index (κ3) is 6.75. The molecule has 0 aromatic heterocycles. The van der Waals surface area contributed by atoms with Crippen LogP contribution < -0.4 is 10.6 Å². The summed E-state index contributed by atoms with van der Waals surface area (Å²) in [5.74, 6) is -2.42. The lowest BCUT2D eigenvalue weighted by molar-refractivity contribution is -0.173. The average molecular weight is 226 g/mol. The first-order chi connectivity index (χ1) is 6.73. The van der Waals surface area contributed by atoms with Crippen LogP contribution >= 0.6 is 0 Å². The molecule has 7 heteroatoms. The van der Waals surface area contributed by atoms with Crippen LogP contribution in [0.1, 0.15) is 20.3 Å². The van der Waals surface area contributed by atoms with Crippen molar-refractivity contribution >= 4 is 11.8 Å². The summed E-state index contributed by atoms with van der Waals surface area (Å²) < 4.78 is 35.0. The fourth-order valence-electron chi connectivity index (χ4n) is 0.784. The second-order valence-corrected chi connectivity index (χ2v) is 3.23. The molecule has 0 saturated heterocycles. The Labute approximate surface area is 85.2 Å². The normalized spacial score (nSPS) is 11.3. The van der Waals surface area contributed by atoms with E-state index in [-0.39, 0.29) is 19.0 Å². The minimum Gasteiger partial charge on any atom is -0.354 e. The maximum atomic E-state index is 11.7. The molecule has 0 atom stereocenters. The molecule has 0 radical (unpaired) electrons. The van der Waals surface area contributed by atoms with E-state index in [9.17, 15) is 22.8 Å². The predicted molar refractivity (Wildman–Crippen MR) is 47.0 cm³/mol. The van der Waals surface area contributed by atoms with E-state index in [1.807, 2.05) is 0 Å². The molecule has 0 heterocycles. The third-order valence-corrected chi connectivity index (χ3v) is 1.34. The van der Waals surface area contributed by atoms with Gasteiger partial charge in [0.1, 0.15) is 0 Å². The third-order valence-electron chi connectivity index (χ3n) is 1.34. The van der Waals surface area contributed by atoms with E-state index in [0.29, 0.717) is 0 Å². The molecular formula is C8H13F3N2O2. The zero-order valence-corrected chi connectivity index (χ0v) is 8.44. The fraction of sp³-hybridized carbons (Fsp3) is 0.750. The van der Waals surface area contributed by atoms with Gasteiger partial charge in [0, 0.05) is 19.0 Å². The van der Waals surface area contributed by atoms with Crippen LogP contribution in [0.5, 0.6) is 0 Å². The molecule has 0 spiro atoms. The van der Waals surface area contributed by atoms with Crippen molar-refractivity contribution in [1.82, 2.24) is 10.6 Å². The summed E-state index contributed by atoms with van der Waals surface area (Å²) in [6, 6.07) is -0.0733. The summed E-state index contributed by atoms with van der Waals surface area (Å²) in [5.41, 5.74) is 0. The van der Waals surface area contributed by atoms with Crippen molar-refractivity contribution in [2.45, 2.75) is 32.5 Å². The number of hydrogen-bond acceptors (Lipinski definition) is 2. The monoisotopic (exact) mass is 226 g/mol. The number of carbonyl (C=O) groups excluding carboxylic acids is 2. The molecule has 0 aromatic rings. The number of carbonyl (C=O) groups is 2. The SMILES string of the molecule is CC(C)NC(=O)CCNC(=O)C(F)(F)F. The molecule has 0 fully saturated rings. The Morgan fingerprint density at radius 1 is 1.27 bits per heavy atom. The van der Waals surface area contributed by atoms with Gasteiger partial charge in [-0.05, 0) is 13.8 Å². The van der Waals surface area contributed by atoms with Crippen LogP contribution in [0.4, 0.5) is 13.2 Å². The van der Waals surface area contributed by atoms with Crippen molar-refractivity contribution in [2.24, 2.45) is 0 Å². The topological polar surface area (TPSA) is 58.2 Å². The van der Waals surface area contributed by atoms with Crippen LogP contribution in [-0.2, 0) is 9.59 Å². The lowest BCUT2D eigenvalue weighted by Crippen LogP contribution is -2.39. The van der Waals surface area contributed by atoms with E-state index in [1.165, 1.54) is 0 Å². The minimum atomic E-state index is -4.89. The Hall–Kier alpha value is -1.27. The van der Waals surface area contributed by atoms with E-state index in [1.54, 1.807) is 19.2 Å². The number of alkyl halides is 3. The van der Waals surface area contributed by atoms with E-state index < -0.39 is 18.0 Å². The molecule has 0 unspecified atom stereocenters. The van der Waals surface area contributed by atoms with E-state index in [2.05, 4.69) is 5.32 Å². The van der Waals surface area contributed by atoms with Gasteiger partial charge in [-0.25, -0.2) is 0 Å². The summed E-state index contributed by atoms with van der Waals surface area (Å²) >= 11 is 0. The second-order valence-electron chi connectivity index (χ2n) is 3.23. The van der Waals surface area contributed by atoms with Crippen molar-refractivity contribution in [2.75, 3.05) is 6.54 Å². The highest BCUT2D eigenvalue weighted by atomic mass is 19.4. The molecule has 0 aliphatic heterocycles. The molecule has 88 valence electrons. The van der Waals surface area contributed by atoms with Crippen LogP contribution in [-0.4, -0.2) is 30.6 Å². The molecular weight excluding hydrogens is 213 g/mol. The zero-order chi connectivity index (χ0) is 12.1. The quantitative estimate of drug-likeness (QED) is 0.736. The smallest absolute Gasteiger partial charge is 0.354 e. The molecule has 0 bridgehead atoms. The van der Waals surface area contributed by atoms with Crippen molar-refractivity contribution in [3.8, 4) is 0 Å². The Kier molecular flexibility index (Phi) is 5.10. The maximum Gasteiger partial charge on any atom is 0.471 e. The molecule has 0 saturated carbocycles. The van der Waals surface area contributed by atoms with Gasteiger partial charge >= 0.3 is 12.1 Å². The average Bonchev–Trinajstić information content (AvgIpc) is 2.00. The molecule has 2 N–H and O–H groups in total. The Bertz CT molecular complexity index is 239. The Morgan fingerprint density at radius 2 is 1.80 bits per heavy atom. The molecule has 15 heavy (non-hydrogen) atoms. The first kappa shape index (κ1) is 13.7. The van der Waals surface area contributed by atoms with Crippen molar-refractivity contribution in [3.05, 3.63) is 0 Å². The van der Waals surface area contributed by atoms with E-state index >= 15 is 0 Å². The number of rotatable bonds is 4. The van der Waals surface area contributed by atoms with Gasteiger partial charge in [0.05, 0.1) is 0 Å². The number of hydrogen-bond donors (Lipinski definition) is 2. The second kappa shape index (κ2) is 5.57. The van der Waals surface area contributed by atoms with Gasteiger partial charge in [-0.3, -0.25) is 9.59 Å². The first-order valence-electron chi connectivity index (χ1n) is 4.38. The highest BCUT2D eigenvalue weighted by Crippen LogP contribution is 2.13. The molecule has 0 aliphatic rings. The largest absolute Gasteiger partial charge is 0.471 e. The van der Waals surface area contributed by atoms with Crippen molar-refractivity contribution in [1.29, 1.82) is 0 Å². The lowest BCUT2D eigenvalue weighted by atomic mass is 10.3. The number of nitrogens with one attached hydrogen (secondary N) is 2. The van der Waals surface area contributed by atoms with Gasteiger partial charge in [0.25, 0.3) is 0 Å². The number of halogens is 3. The number of amides is 2. The summed E-state index contributed by atoms with van der Waals surface area (Å²) in [5, 5.41) is 4.09. The van der Waals surface area contributed by atoms with Crippen LogP contribution in [0.2, 0.25) is 0 Å². The molecule has 0 aromatic carbocycles. The first-order valence-corrected chi connectivity index (χ1v) is 4.38. The van der Waals surface area contributed by atoms with Crippen molar-refractivity contribution < 1.29 is 22.8 Å². The highest BCUT2D eigenvalue weighted by molar-refractivity contribution is 5.82. The molecule has 2 amide bonds. The van der Waals surface area contributed by atoms with Gasteiger partial charge in [0.2, 0.25) is 5.91 Å². The fourth-order valence-corrected chi connectivity index (χ4v) is 0.784. The summed E-state index contributed by atoms with van der Waals surface area (Å²) in [7, 11) is 0. The lowest BCUT2D eigenvalue weighted by Gasteiger charge is -2.09. The Balaban J connectivity index is 3.72. The van der Waals surface area contributed by atoms with Gasteiger partial charge in [-0.1, -0.05) is 0 Å². The van der Waals surface area contributed by atoms with E-state index in [4.69, 9.17) is 0 Å². The van der Waals surface area contributed by atoms with E-state index in [0.717, 1.165) is 0 Å². The maximum absolute atomic E-state index is 11.7. The van der Waals surface area contributed by atoms with Crippen LogP contribution in [0.3, 0.4) is 0 Å². The van der Waals surface area contributed by atoms with Gasteiger partial charge < -0.3 is 10.6 Å². The predicted octanol–water partition coefficient (Wildman–Crippen LogP) is 0.580. The van der Waals surface area contributed by atoms with Crippen LogP contribution in [0, 0.1) is 0 Å². The summed E-state index contributed by atoms with van der Waals surface area (Å²) in [6.45, 7) is 3.13. The van der Waals surface area contributed by atoms with Gasteiger partial charge in [0.15, 0.2) is 0 Å². The Morgan fingerprint density at radius 3 is 2.20 bits per heavy atom. The molecule has 0 rings (SSSR count). The van der Waals surface area contributed by atoms with Crippen LogP contribution in [0.15, 0.2) is 0 Å². The zero-order valence-electron chi connectivity index (χ0n) is 8.44. The van der Waals surface area contributed by atoms with Crippen molar-refractivity contribution in [3.63, 3.8) is 0 Å². The van der Waals surface area contributed by atoms with Gasteiger partial charge in [-0.2, -0.15) is 13.2 Å². The highest BCUT2D eigenvalue weighted by Gasteiger charge is 2.38. The summed E-state index contributed by atoms with van der Waals surface area (Å²) in [6.07, 6.45) is -5.06. The molecule has 4 nitrogen and oxygen atoms in total. The standard InChI is InChI=1S/C8H13F3N2O2/c1-5(2)13-6(14)3-4-12-7(15)8(9,10)11/h5H,3-4H2,1-2H3,(H,12,15)(H,13,14). The van der Waals surface area contributed by atoms with Crippen LogP contribution in [0.25, 0.3) is 0 Å². The summed E-state index contributed by atoms with van der Waals surface area (Å²) in [4.78, 5) is 21.2. The minimum absolute atomic E-state index is 0.0733. The van der Waals surface area contributed by atoms with Gasteiger partial charge in [-0.15, -0.1) is 0 Å². The molecule has 0 aliphatic carbocycles.